The number of hydrogen-bond donors (Lipinski definition) is 1. The first kappa shape index (κ1) is 20.2. The summed E-state index contributed by atoms with van der Waals surface area (Å²) in [6.07, 6.45) is 3.35. The van der Waals surface area contributed by atoms with Crippen molar-refractivity contribution in [1.82, 2.24) is 4.98 Å². The van der Waals surface area contributed by atoms with Crippen LogP contribution in [0.1, 0.15) is 23.9 Å². The molecule has 0 unspecified atom stereocenters. The van der Waals surface area contributed by atoms with Crippen molar-refractivity contribution in [2.24, 2.45) is 0 Å². The molecule has 0 aliphatic carbocycles. The third-order valence-electron chi connectivity index (χ3n) is 4.21. The van der Waals surface area contributed by atoms with Crippen molar-refractivity contribution in [2.75, 3.05) is 13.2 Å². The van der Waals surface area contributed by atoms with Crippen LogP contribution in [0.2, 0.25) is 0 Å². The number of phenolic OH excluding ortho intramolecular Hbond substituents is 1. The average Bonchev–Trinajstić information content (AvgIpc) is 3.09. The highest BCUT2D eigenvalue weighted by atomic mass is 16.5. The summed E-state index contributed by atoms with van der Waals surface area (Å²) in [5.74, 6) is 1.44. The molecule has 0 bridgehead atoms. The number of nitrogens with zero attached hydrogens (tertiary/aromatic N) is 1. The molecule has 0 aliphatic rings. The Morgan fingerprint density at radius 3 is 2.72 bits per heavy atom. The lowest BCUT2D eigenvalue weighted by atomic mass is 10.2. The smallest absolute Gasteiger partial charge is 0.330 e. The van der Waals surface area contributed by atoms with Crippen molar-refractivity contribution in [3.05, 3.63) is 71.6 Å². The van der Waals surface area contributed by atoms with Crippen molar-refractivity contribution in [3.8, 4) is 23.0 Å². The highest BCUT2D eigenvalue weighted by Gasteiger charge is 2.11. The van der Waals surface area contributed by atoms with Crippen LogP contribution < -0.4 is 4.74 Å². The summed E-state index contributed by atoms with van der Waals surface area (Å²) < 4.78 is 16.3. The number of aromatic hydroxyl groups is 1. The number of ether oxygens (including phenoxy) is 2. The van der Waals surface area contributed by atoms with E-state index in [1.165, 1.54) is 18.2 Å². The number of carbonyl (C=O) groups is 1. The third-order valence-corrected chi connectivity index (χ3v) is 4.21. The van der Waals surface area contributed by atoms with Gasteiger partial charge in [-0.2, -0.15) is 0 Å². The average molecular weight is 393 g/mol. The zero-order valence-electron chi connectivity index (χ0n) is 16.4. The molecule has 0 fully saturated rings. The predicted octanol–water partition coefficient (Wildman–Crippen LogP) is 4.55. The van der Waals surface area contributed by atoms with Gasteiger partial charge in [0.1, 0.15) is 17.3 Å². The molecule has 0 atom stereocenters. The van der Waals surface area contributed by atoms with E-state index in [1.807, 2.05) is 37.3 Å². The highest BCUT2D eigenvalue weighted by Crippen LogP contribution is 2.25. The molecular weight excluding hydrogens is 370 g/mol. The van der Waals surface area contributed by atoms with Crippen LogP contribution in [-0.2, 0) is 16.0 Å². The van der Waals surface area contributed by atoms with Gasteiger partial charge in [0, 0.05) is 29.7 Å². The van der Waals surface area contributed by atoms with Crippen LogP contribution in [0.4, 0.5) is 0 Å². The van der Waals surface area contributed by atoms with Crippen molar-refractivity contribution >= 4 is 12.0 Å². The molecule has 6 nitrogen and oxygen atoms in total. The molecule has 29 heavy (non-hydrogen) atoms. The van der Waals surface area contributed by atoms with E-state index >= 15 is 0 Å². The number of oxazole rings is 1. The lowest BCUT2D eigenvalue weighted by Crippen LogP contribution is -2.02. The minimum Gasteiger partial charge on any atom is -0.507 e. The maximum absolute atomic E-state index is 11.4. The molecule has 1 heterocycles. The second kappa shape index (κ2) is 9.59. The van der Waals surface area contributed by atoms with Gasteiger partial charge in [-0.3, -0.25) is 0 Å². The molecule has 0 aliphatic heterocycles. The van der Waals surface area contributed by atoms with Crippen LogP contribution in [0.3, 0.4) is 0 Å². The van der Waals surface area contributed by atoms with Gasteiger partial charge in [-0.05, 0) is 44.2 Å². The number of rotatable bonds is 8. The van der Waals surface area contributed by atoms with Gasteiger partial charge in [-0.1, -0.05) is 18.2 Å². The summed E-state index contributed by atoms with van der Waals surface area (Å²) in [6.45, 7) is 4.31. The third kappa shape index (κ3) is 5.48. The van der Waals surface area contributed by atoms with Crippen LogP contribution in [0.5, 0.6) is 11.5 Å². The van der Waals surface area contributed by atoms with Crippen molar-refractivity contribution in [2.45, 2.75) is 20.3 Å². The highest BCUT2D eigenvalue weighted by molar-refractivity contribution is 5.87. The fourth-order valence-electron chi connectivity index (χ4n) is 2.73. The molecule has 6 heteroatoms. The Kier molecular flexibility index (Phi) is 6.68. The SMILES string of the molecule is CCOC(=O)/C=C\c1ccc(OCCc2nc(-c3ccccc3)oc2C)cc1O. The molecule has 1 aromatic heterocycles. The molecule has 0 spiro atoms. The van der Waals surface area contributed by atoms with E-state index in [2.05, 4.69) is 4.98 Å². The van der Waals surface area contributed by atoms with Crippen molar-refractivity contribution < 1.29 is 23.8 Å². The van der Waals surface area contributed by atoms with Gasteiger partial charge in [0.2, 0.25) is 5.89 Å². The van der Waals surface area contributed by atoms with Gasteiger partial charge in [-0.15, -0.1) is 0 Å². The Morgan fingerprint density at radius 2 is 2.00 bits per heavy atom. The van der Waals surface area contributed by atoms with Crippen LogP contribution >= 0.6 is 0 Å². The molecule has 2 aromatic carbocycles. The summed E-state index contributed by atoms with van der Waals surface area (Å²) in [7, 11) is 0. The molecule has 3 rings (SSSR count). The number of phenols is 1. The molecule has 150 valence electrons. The van der Waals surface area contributed by atoms with E-state index in [-0.39, 0.29) is 5.75 Å². The summed E-state index contributed by atoms with van der Waals surface area (Å²) in [5, 5.41) is 10.1. The zero-order chi connectivity index (χ0) is 20.6. The second-order valence-corrected chi connectivity index (χ2v) is 6.29. The largest absolute Gasteiger partial charge is 0.507 e. The van der Waals surface area contributed by atoms with E-state index in [9.17, 15) is 9.90 Å². The van der Waals surface area contributed by atoms with Crippen LogP contribution in [-0.4, -0.2) is 29.3 Å². The van der Waals surface area contributed by atoms with E-state index < -0.39 is 5.97 Å². The first-order valence-corrected chi connectivity index (χ1v) is 9.39. The van der Waals surface area contributed by atoms with Crippen LogP contribution in [0.15, 0.2) is 59.0 Å². The standard InChI is InChI=1S/C23H23NO5/c1-3-27-22(26)12-10-17-9-11-19(15-21(17)25)28-14-13-20-16(2)29-23(24-20)18-7-5-4-6-8-18/h4-12,15,25H,3,13-14H2,1-2H3/b12-10-. The topological polar surface area (TPSA) is 81.8 Å². The monoisotopic (exact) mass is 393 g/mol. The maximum atomic E-state index is 11.4. The minimum absolute atomic E-state index is 0.0204. The second-order valence-electron chi connectivity index (χ2n) is 6.29. The van der Waals surface area contributed by atoms with E-state index in [0.717, 1.165) is 17.0 Å². The Hall–Kier alpha value is -3.54. The van der Waals surface area contributed by atoms with Crippen molar-refractivity contribution in [3.63, 3.8) is 0 Å². The number of aryl methyl sites for hydroxylation is 1. The number of aromatic nitrogens is 1. The molecule has 0 saturated heterocycles. The van der Waals surface area contributed by atoms with Gasteiger partial charge in [0.05, 0.1) is 18.9 Å². The van der Waals surface area contributed by atoms with Crippen LogP contribution in [0, 0.1) is 6.92 Å². The lowest BCUT2D eigenvalue weighted by molar-refractivity contribution is -0.137. The van der Waals surface area contributed by atoms with Gasteiger partial charge >= 0.3 is 5.97 Å². The molecule has 0 saturated carbocycles. The zero-order valence-corrected chi connectivity index (χ0v) is 16.4. The minimum atomic E-state index is -0.454. The Labute approximate surface area is 169 Å². The molecular formula is C23H23NO5. The molecule has 3 aromatic rings. The maximum Gasteiger partial charge on any atom is 0.330 e. The summed E-state index contributed by atoms with van der Waals surface area (Å²) in [5.41, 5.74) is 2.27. The fraction of sp³-hybridized carbons (Fsp3) is 0.217. The Bertz CT molecular complexity index is 992. The molecule has 1 N–H and O–H groups in total. The van der Waals surface area contributed by atoms with E-state index in [4.69, 9.17) is 13.9 Å². The number of esters is 1. The quantitative estimate of drug-likeness (QED) is 0.446. The van der Waals surface area contributed by atoms with Crippen LogP contribution in [0.25, 0.3) is 17.5 Å². The van der Waals surface area contributed by atoms with Gasteiger partial charge in [0.25, 0.3) is 0 Å². The fourth-order valence-corrected chi connectivity index (χ4v) is 2.73. The van der Waals surface area contributed by atoms with Gasteiger partial charge in [-0.25, -0.2) is 9.78 Å². The first-order chi connectivity index (χ1) is 14.1. The van der Waals surface area contributed by atoms with E-state index in [0.29, 0.717) is 36.8 Å². The Morgan fingerprint density at radius 1 is 1.21 bits per heavy atom. The van der Waals surface area contributed by atoms with Gasteiger partial charge < -0.3 is 19.0 Å². The predicted molar refractivity (Wildman–Crippen MR) is 110 cm³/mol. The van der Waals surface area contributed by atoms with E-state index in [1.54, 1.807) is 19.1 Å². The first-order valence-electron chi connectivity index (χ1n) is 9.39. The number of carbonyl (C=O) groups excluding carboxylic acids is 1. The van der Waals surface area contributed by atoms with Crippen molar-refractivity contribution in [1.29, 1.82) is 0 Å². The summed E-state index contributed by atoms with van der Waals surface area (Å²) >= 11 is 0. The summed E-state index contributed by atoms with van der Waals surface area (Å²) in [6, 6.07) is 14.6. The summed E-state index contributed by atoms with van der Waals surface area (Å²) in [4.78, 5) is 15.9. The lowest BCUT2D eigenvalue weighted by Gasteiger charge is -2.07. The molecule has 0 amide bonds. The molecule has 0 radical (unpaired) electrons. The number of hydrogen-bond acceptors (Lipinski definition) is 6. The van der Waals surface area contributed by atoms with Gasteiger partial charge in [0.15, 0.2) is 0 Å². The Balaban J connectivity index is 1.58. The number of benzene rings is 2. The normalized spacial score (nSPS) is 11.0.